The molecule has 0 fully saturated rings. The van der Waals surface area contributed by atoms with Crippen LogP contribution in [0.4, 0.5) is 4.39 Å². The predicted octanol–water partition coefficient (Wildman–Crippen LogP) is 2.52. The van der Waals surface area contributed by atoms with Crippen LogP contribution in [0.2, 0.25) is 0 Å². The molecule has 0 aliphatic carbocycles. The number of halogens is 1. The van der Waals surface area contributed by atoms with Gasteiger partial charge in [-0.3, -0.25) is 9.69 Å². The van der Waals surface area contributed by atoms with Crippen LogP contribution in [-0.2, 0) is 11.3 Å². The van der Waals surface area contributed by atoms with Gasteiger partial charge in [-0.1, -0.05) is 6.07 Å². The number of benzene rings is 1. The Kier molecular flexibility index (Phi) is 5.76. The van der Waals surface area contributed by atoms with Crippen LogP contribution < -0.4 is 4.74 Å². The first-order valence-electron chi connectivity index (χ1n) is 6.18. The second-order valence-electron chi connectivity index (χ2n) is 4.67. The van der Waals surface area contributed by atoms with Gasteiger partial charge in [-0.15, -0.1) is 0 Å². The molecule has 1 unspecified atom stereocenters. The molecule has 4 nitrogen and oxygen atoms in total. The average Bonchev–Trinajstić information content (AvgIpc) is 2.36. The molecule has 0 bridgehead atoms. The first-order chi connectivity index (χ1) is 8.93. The van der Waals surface area contributed by atoms with E-state index in [0.29, 0.717) is 13.0 Å². The van der Waals surface area contributed by atoms with Crippen molar-refractivity contribution in [1.82, 2.24) is 4.90 Å². The molecule has 1 aromatic carbocycles. The molecule has 1 rings (SSSR count). The molecule has 106 valence electrons. The summed E-state index contributed by atoms with van der Waals surface area (Å²) in [4.78, 5) is 12.5. The number of hydrogen-bond acceptors (Lipinski definition) is 3. The summed E-state index contributed by atoms with van der Waals surface area (Å²) in [5.41, 5.74) is 0.836. The van der Waals surface area contributed by atoms with E-state index in [2.05, 4.69) is 0 Å². The highest BCUT2D eigenvalue weighted by molar-refractivity contribution is 5.66. The van der Waals surface area contributed by atoms with Crippen LogP contribution in [0.15, 0.2) is 18.2 Å². The van der Waals surface area contributed by atoms with Crippen LogP contribution in [0.25, 0.3) is 0 Å². The minimum Gasteiger partial charge on any atom is -0.494 e. The van der Waals surface area contributed by atoms with Crippen LogP contribution >= 0.6 is 0 Å². The molecule has 0 amide bonds. The molecule has 0 radical (unpaired) electrons. The monoisotopic (exact) mass is 269 g/mol. The highest BCUT2D eigenvalue weighted by Crippen LogP contribution is 2.19. The van der Waals surface area contributed by atoms with Gasteiger partial charge >= 0.3 is 5.97 Å². The molecular formula is C14H20FNO3. The quantitative estimate of drug-likeness (QED) is 0.826. The van der Waals surface area contributed by atoms with E-state index < -0.39 is 5.97 Å². The lowest BCUT2D eigenvalue weighted by Gasteiger charge is -2.24. The minimum atomic E-state index is -0.796. The topological polar surface area (TPSA) is 49.8 Å². The molecule has 5 heteroatoms. The third-order valence-electron chi connectivity index (χ3n) is 3.18. The van der Waals surface area contributed by atoms with Gasteiger partial charge in [0.25, 0.3) is 0 Å². The Morgan fingerprint density at radius 2 is 2.21 bits per heavy atom. The number of carboxylic acid groups (broad SMARTS) is 1. The number of nitrogens with zero attached hydrogens (tertiary/aromatic N) is 1. The van der Waals surface area contributed by atoms with E-state index in [0.717, 1.165) is 5.56 Å². The van der Waals surface area contributed by atoms with Gasteiger partial charge in [0.2, 0.25) is 0 Å². The summed E-state index contributed by atoms with van der Waals surface area (Å²) in [7, 11) is 3.33. The van der Waals surface area contributed by atoms with E-state index in [1.54, 1.807) is 6.07 Å². The number of carbonyl (C=O) groups is 1. The molecular weight excluding hydrogens is 249 g/mol. The molecule has 0 aromatic heterocycles. The molecule has 0 aliphatic heterocycles. The molecule has 0 heterocycles. The molecule has 0 spiro atoms. The van der Waals surface area contributed by atoms with Gasteiger partial charge in [0.1, 0.15) is 0 Å². The Balaban J connectivity index is 2.58. The van der Waals surface area contributed by atoms with E-state index in [4.69, 9.17) is 9.84 Å². The van der Waals surface area contributed by atoms with Gasteiger partial charge in [0.15, 0.2) is 11.6 Å². The maximum atomic E-state index is 13.5. The van der Waals surface area contributed by atoms with Crippen molar-refractivity contribution in [2.75, 3.05) is 14.2 Å². The maximum absolute atomic E-state index is 13.5. The van der Waals surface area contributed by atoms with Gasteiger partial charge in [-0.05, 0) is 38.1 Å². The fourth-order valence-electron chi connectivity index (χ4n) is 1.80. The van der Waals surface area contributed by atoms with E-state index in [1.807, 2.05) is 24.9 Å². The summed E-state index contributed by atoms with van der Waals surface area (Å²) in [6, 6.07) is 4.98. The zero-order valence-electron chi connectivity index (χ0n) is 11.5. The lowest BCUT2D eigenvalue weighted by Crippen LogP contribution is -2.29. The Morgan fingerprint density at radius 3 is 2.74 bits per heavy atom. The highest BCUT2D eigenvalue weighted by Gasteiger charge is 2.12. The lowest BCUT2D eigenvalue weighted by molar-refractivity contribution is -0.137. The molecule has 0 saturated carbocycles. The van der Waals surface area contributed by atoms with Crippen molar-refractivity contribution in [2.24, 2.45) is 0 Å². The van der Waals surface area contributed by atoms with Crippen molar-refractivity contribution < 1.29 is 19.0 Å². The van der Waals surface area contributed by atoms with Crippen LogP contribution in [-0.4, -0.2) is 36.2 Å². The summed E-state index contributed by atoms with van der Waals surface area (Å²) in [6.07, 6.45) is 0.715. The second kappa shape index (κ2) is 7.09. The third-order valence-corrected chi connectivity index (χ3v) is 3.18. The number of rotatable bonds is 7. The van der Waals surface area contributed by atoms with Crippen molar-refractivity contribution in [1.29, 1.82) is 0 Å². The summed E-state index contributed by atoms with van der Waals surface area (Å²) in [5, 5.41) is 8.65. The number of ether oxygens (including phenoxy) is 1. The molecule has 0 saturated heterocycles. The molecule has 1 atom stereocenters. The Morgan fingerprint density at radius 1 is 1.53 bits per heavy atom. The van der Waals surface area contributed by atoms with Crippen molar-refractivity contribution in [2.45, 2.75) is 32.4 Å². The Bertz CT molecular complexity index is 437. The fraction of sp³-hybridized carbons (Fsp3) is 0.500. The van der Waals surface area contributed by atoms with Crippen LogP contribution in [0, 0.1) is 5.82 Å². The first kappa shape index (κ1) is 15.4. The smallest absolute Gasteiger partial charge is 0.303 e. The molecule has 1 N–H and O–H groups in total. The number of aliphatic carboxylic acids is 1. The summed E-state index contributed by atoms with van der Waals surface area (Å²) >= 11 is 0. The minimum absolute atomic E-state index is 0.126. The van der Waals surface area contributed by atoms with Crippen molar-refractivity contribution in [3.8, 4) is 5.75 Å². The van der Waals surface area contributed by atoms with Crippen molar-refractivity contribution in [3.05, 3.63) is 29.6 Å². The van der Waals surface area contributed by atoms with Gasteiger partial charge < -0.3 is 9.84 Å². The number of hydrogen-bond donors (Lipinski definition) is 1. The molecule has 0 aliphatic rings. The zero-order chi connectivity index (χ0) is 14.4. The van der Waals surface area contributed by atoms with E-state index in [1.165, 1.54) is 13.2 Å². The van der Waals surface area contributed by atoms with Gasteiger partial charge in [-0.25, -0.2) is 4.39 Å². The summed E-state index contributed by atoms with van der Waals surface area (Å²) < 4.78 is 18.4. The molecule has 1 aromatic rings. The van der Waals surface area contributed by atoms with E-state index in [9.17, 15) is 9.18 Å². The largest absolute Gasteiger partial charge is 0.494 e. The van der Waals surface area contributed by atoms with E-state index in [-0.39, 0.29) is 24.0 Å². The molecule has 19 heavy (non-hydrogen) atoms. The summed E-state index contributed by atoms with van der Waals surface area (Å²) in [5.74, 6) is -0.951. The Hall–Kier alpha value is -1.62. The van der Waals surface area contributed by atoms with Gasteiger partial charge in [0.05, 0.1) is 7.11 Å². The second-order valence-corrected chi connectivity index (χ2v) is 4.67. The van der Waals surface area contributed by atoms with Crippen molar-refractivity contribution >= 4 is 5.97 Å². The van der Waals surface area contributed by atoms with Crippen LogP contribution in [0.5, 0.6) is 5.75 Å². The maximum Gasteiger partial charge on any atom is 0.303 e. The fourth-order valence-corrected chi connectivity index (χ4v) is 1.80. The Labute approximate surface area is 112 Å². The average molecular weight is 269 g/mol. The standard InChI is InChI=1S/C14H20FNO3/c1-10(4-7-14(17)18)16(2)9-11-5-6-13(19-3)12(15)8-11/h5-6,8,10H,4,7,9H2,1-3H3,(H,17,18). The van der Waals surface area contributed by atoms with E-state index >= 15 is 0 Å². The van der Waals surface area contributed by atoms with Crippen LogP contribution in [0.3, 0.4) is 0 Å². The SMILES string of the molecule is COc1ccc(CN(C)C(C)CCC(=O)O)cc1F. The zero-order valence-corrected chi connectivity index (χ0v) is 11.5. The predicted molar refractivity (Wildman–Crippen MR) is 70.8 cm³/mol. The highest BCUT2D eigenvalue weighted by atomic mass is 19.1. The van der Waals surface area contributed by atoms with Crippen LogP contribution in [0.1, 0.15) is 25.3 Å². The van der Waals surface area contributed by atoms with Gasteiger partial charge in [-0.2, -0.15) is 0 Å². The normalized spacial score (nSPS) is 12.5. The van der Waals surface area contributed by atoms with Gasteiger partial charge in [0, 0.05) is 19.0 Å². The lowest BCUT2D eigenvalue weighted by atomic mass is 10.1. The first-order valence-corrected chi connectivity index (χ1v) is 6.18. The number of methoxy groups -OCH3 is 1. The summed E-state index contributed by atoms with van der Waals surface area (Å²) in [6.45, 7) is 2.53. The van der Waals surface area contributed by atoms with Crippen molar-refractivity contribution in [3.63, 3.8) is 0 Å². The number of carboxylic acids is 1. The third kappa shape index (κ3) is 4.87.